The molecule has 1 aliphatic heterocycles. The van der Waals surface area contributed by atoms with Gasteiger partial charge in [-0.1, -0.05) is 6.42 Å². The number of anilines is 1. The van der Waals surface area contributed by atoms with E-state index in [9.17, 15) is 0 Å². The van der Waals surface area contributed by atoms with Gasteiger partial charge in [0, 0.05) is 37.4 Å². The molecule has 0 amide bonds. The maximum atomic E-state index is 8.76. The zero-order valence-corrected chi connectivity index (χ0v) is 11.9. The molecule has 0 spiro atoms. The average molecular weight is 271 g/mol. The Bertz CT molecular complexity index is 499. The van der Waals surface area contributed by atoms with Gasteiger partial charge in [0.1, 0.15) is 12.1 Å². The van der Waals surface area contributed by atoms with Gasteiger partial charge >= 0.3 is 0 Å². The first-order valence-corrected chi connectivity index (χ1v) is 7.55. The molecular formula is C15H21N5. The number of nitrogens with zero attached hydrogens (tertiary/aromatic N) is 5. The molecule has 1 aromatic rings. The lowest BCUT2D eigenvalue weighted by atomic mass is 10.1. The van der Waals surface area contributed by atoms with Gasteiger partial charge in [-0.2, -0.15) is 5.26 Å². The molecule has 2 aliphatic rings. The minimum absolute atomic E-state index is 0.537. The van der Waals surface area contributed by atoms with Crippen LogP contribution in [0.25, 0.3) is 0 Å². The highest BCUT2D eigenvalue weighted by molar-refractivity contribution is 5.49. The van der Waals surface area contributed by atoms with Gasteiger partial charge in [0.15, 0.2) is 0 Å². The molecule has 0 atom stereocenters. The van der Waals surface area contributed by atoms with Crippen molar-refractivity contribution in [2.75, 3.05) is 37.6 Å². The summed E-state index contributed by atoms with van der Waals surface area (Å²) in [5.41, 5.74) is 2.63. The maximum Gasteiger partial charge on any atom is 0.135 e. The average Bonchev–Trinajstić information content (AvgIpc) is 2.73. The van der Waals surface area contributed by atoms with Crippen molar-refractivity contribution in [3.05, 3.63) is 17.6 Å². The Morgan fingerprint density at radius 1 is 1.05 bits per heavy atom. The summed E-state index contributed by atoms with van der Waals surface area (Å²) in [5.74, 6) is 1.15. The number of rotatable bonds is 2. The fraction of sp³-hybridized carbons (Fsp3) is 0.667. The third-order valence-corrected chi connectivity index (χ3v) is 4.32. The molecule has 5 nitrogen and oxygen atoms in total. The number of aryl methyl sites for hydroxylation is 1. The van der Waals surface area contributed by atoms with Crippen LogP contribution in [0.5, 0.6) is 0 Å². The summed E-state index contributed by atoms with van der Waals surface area (Å²) in [6, 6.07) is 2.23. The Kier molecular flexibility index (Phi) is 4.12. The van der Waals surface area contributed by atoms with E-state index in [-0.39, 0.29) is 0 Å². The van der Waals surface area contributed by atoms with Gasteiger partial charge in [0.2, 0.25) is 0 Å². The first-order valence-electron chi connectivity index (χ1n) is 7.55. The number of fused-ring (bicyclic) bond motifs is 1. The van der Waals surface area contributed by atoms with Crippen LogP contribution in [0.4, 0.5) is 5.82 Å². The second kappa shape index (κ2) is 6.19. The lowest BCUT2D eigenvalue weighted by Gasteiger charge is -2.35. The fourth-order valence-corrected chi connectivity index (χ4v) is 3.17. The standard InChI is InChI=1S/C15H21N5/c16-6-7-19-8-10-20(11-9-19)15-13-4-2-1-3-5-14(13)17-12-18-15/h12H,1-5,7-11H2. The lowest BCUT2D eigenvalue weighted by Crippen LogP contribution is -2.47. The molecular weight excluding hydrogens is 250 g/mol. The van der Waals surface area contributed by atoms with E-state index >= 15 is 0 Å². The Hall–Kier alpha value is -1.67. The van der Waals surface area contributed by atoms with Gasteiger partial charge < -0.3 is 4.90 Å². The number of hydrogen-bond donors (Lipinski definition) is 0. The summed E-state index contributed by atoms with van der Waals surface area (Å²) in [4.78, 5) is 13.6. The lowest BCUT2D eigenvalue weighted by molar-refractivity contribution is 0.286. The van der Waals surface area contributed by atoms with Crippen molar-refractivity contribution in [2.45, 2.75) is 32.1 Å². The SMILES string of the molecule is N#CCN1CCN(c2ncnc3c2CCCCC3)CC1. The predicted octanol–water partition coefficient (Wildman–Crippen LogP) is 1.39. The van der Waals surface area contributed by atoms with Gasteiger partial charge in [-0.05, 0) is 25.7 Å². The van der Waals surface area contributed by atoms with Gasteiger partial charge in [-0.15, -0.1) is 0 Å². The van der Waals surface area contributed by atoms with Crippen LogP contribution in [0, 0.1) is 11.3 Å². The van der Waals surface area contributed by atoms with E-state index in [2.05, 4.69) is 25.8 Å². The molecule has 1 saturated heterocycles. The minimum atomic E-state index is 0.537. The largest absolute Gasteiger partial charge is 0.354 e. The van der Waals surface area contributed by atoms with Crippen LogP contribution in [0.3, 0.4) is 0 Å². The zero-order chi connectivity index (χ0) is 13.8. The first-order chi connectivity index (χ1) is 9.88. The normalized spacial score (nSPS) is 20.1. The number of aromatic nitrogens is 2. The Balaban J connectivity index is 1.76. The maximum absolute atomic E-state index is 8.76. The molecule has 0 N–H and O–H groups in total. The van der Waals surface area contributed by atoms with E-state index in [4.69, 9.17) is 5.26 Å². The monoisotopic (exact) mass is 271 g/mol. The highest BCUT2D eigenvalue weighted by Crippen LogP contribution is 2.27. The molecule has 1 aromatic heterocycles. The van der Waals surface area contributed by atoms with Gasteiger partial charge in [-0.25, -0.2) is 9.97 Å². The highest BCUT2D eigenvalue weighted by atomic mass is 15.3. The van der Waals surface area contributed by atoms with Crippen molar-refractivity contribution >= 4 is 5.82 Å². The van der Waals surface area contributed by atoms with E-state index in [1.54, 1.807) is 6.33 Å². The van der Waals surface area contributed by atoms with E-state index in [0.717, 1.165) is 44.8 Å². The van der Waals surface area contributed by atoms with Crippen LogP contribution in [0.1, 0.15) is 30.5 Å². The third-order valence-electron chi connectivity index (χ3n) is 4.32. The van der Waals surface area contributed by atoms with Crippen molar-refractivity contribution in [3.63, 3.8) is 0 Å². The topological polar surface area (TPSA) is 56.1 Å². The highest BCUT2D eigenvalue weighted by Gasteiger charge is 2.22. The van der Waals surface area contributed by atoms with Crippen molar-refractivity contribution < 1.29 is 0 Å². The van der Waals surface area contributed by atoms with E-state index in [1.807, 2.05) is 0 Å². The summed E-state index contributed by atoms with van der Waals surface area (Å²) < 4.78 is 0. The van der Waals surface area contributed by atoms with Crippen LogP contribution in [0.15, 0.2) is 6.33 Å². The first kappa shape index (κ1) is 13.3. The van der Waals surface area contributed by atoms with Crippen LogP contribution >= 0.6 is 0 Å². The van der Waals surface area contributed by atoms with Crippen molar-refractivity contribution in [1.82, 2.24) is 14.9 Å². The smallest absolute Gasteiger partial charge is 0.135 e. The molecule has 1 aliphatic carbocycles. The molecule has 5 heteroatoms. The molecule has 0 radical (unpaired) electrons. The molecule has 2 heterocycles. The predicted molar refractivity (Wildman–Crippen MR) is 77.6 cm³/mol. The molecule has 0 unspecified atom stereocenters. The van der Waals surface area contributed by atoms with Crippen molar-refractivity contribution in [3.8, 4) is 6.07 Å². The summed E-state index contributed by atoms with van der Waals surface area (Å²) in [6.07, 6.45) is 7.73. The second-order valence-electron chi connectivity index (χ2n) is 5.60. The zero-order valence-electron chi connectivity index (χ0n) is 11.9. The van der Waals surface area contributed by atoms with Crippen LogP contribution in [-0.2, 0) is 12.8 Å². The number of hydrogen-bond acceptors (Lipinski definition) is 5. The van der Waals surface area contributed by atoms with Gasteiger partial charge in [0.05, 0.1) is 12.6 Å². The Labute approximate surface area is 120 Å². The van der Waals surface area contributed by atoms with Crippen molar-refractivity contribution in [1.29, 1.82) is 5.26 Å². The van der Waals surface area contributed by atoms with Crippen LogP contribution < -0.4 is 4.90 Å². The van der Waals surface area contributed by atoms with Crippen LogP contribution in [-0.4, -0.2) is 47.6 Å². The molecule has 0 bridgehead atoms. The second-order valence-corrected chi connectivity index (χ2v) is 5.60. The summed E-state index contributed by atoms with van der Waals surface area (Å²) in [7, 11) is 0. The van der Waals surface area contributed by atoms with Crippen molar-refractivity contribution in [2.24, 2.45) is 0 Å². The van der Waals surface area contributed by atoms with Gasteiger partial charge in [0.25, 0.3) is 0 Å². The minimum Gasteiger partial charge on any atom is -0.354 e. The van der Waals surface area contributed by atoms with E-state index in [1.165, 1.54) is 30.5 Å². The Morgan fingerprint density at radius 3 is 2.65 bits per heavy atom. The molecule has 3 rings (SSSR count). The number of nitriles is 1. The van der Waals surface area contributed by atoms with Crippen LogP contribution in [0.2, 0.25) is 0 Å². The molecule has 106 valence electrons. The Morgan fingerprint density at radius 2 is 1.85 bits per heavy atom. The molecule has 20 heavy (non-hydrogen) atoms. The molecule has 0 saturated carbocycles. The third kappa shape index (κ3) is 2.75. The van der Waals surface area contributed by atoms with Gasteiger partial charge in [-0.3, -0.25) is 4.90 Å². The van der Waals surface area contributed by atoms with E-state index in [0.29, 0.717) is 6.54 Å². The molecule has 1 fully saturated rings. The van der Waals surface area contributed by atoms with E-state index < -0.39 is 0 Å². The summed E-state index contributed by atoms with van der Waals surface area (Å²) >= 11 is 0. The molecule has 0 aromatic carbocycles. The quantitative estimate of drug-likeness (QED) is 0.601. The fourth-order valence-electron chi connectivity index (χ4n) is 3.17. The summed E-state index contributed by atoms with van der Waals surface area (Å²) in [5, 5.41) is 8.76. The number of piperazine rings is 1. The summed E-state index contributed by atoms with van der Waals surface area (Å²) in [6.45, 7) is 4.37.